The van der Waals surface area contributed by atoms with Crippen molar-refractivity contribution >= 4 is 39.4 Å². The molecule has 4 aromatic rings. The minimum Gasteiger partial charge on any atom is -0.448 e. The highest BCUT2D eigenvalue weighted by molar-refractivity contribution is 6.02. The molecule has 0 radical (unpaired) electrons. The highest BCUT2D eigenvalue weighted by Gasteiger charge is 2.21. The van der Waals surface area contributed by atoms with E-state index >= 15 is 0 Å². The molecule has 1 N–H and O–H groups in total. The summed E-state index contributed by atoms with van der Waals surface area (Å²) in [5.41, 5.74) is 1.31. The van der Waals surface area contributed by atoms with E-state index in [1.54, 1.807) is 30.3 Å². The predicted molar refractivity (Wildman–Crippen MR) is 115 cm³/mol. The first kappa shape index (κ1) is 19.6. The quantitative estimate of drug-likeness (QED) is 0.520. The van der Waals surface area contributed by atoms with Gasteiger partial charge in [0.2, 0.25) is 11.5 Å². The number of carbonyl (C=O) groups excluding carboxylic acids is 2. The molecule has 0 aliphatic heterocycles. The topological polar surface area (TPSA) is 94.2 Å². The zero-order valence-corrected chi connectivity index (χ0v) is 16.9. The molecule has 2 heterocycles. The molecule has 7 heteroatoms. The number of anilines is 1. The van der Waals surface area contributed by atoms with Crippen LogP contribution in [0.4, 0.5) is 5.69 Å². The predicted octanol–water partition coefficient (Wildman–Crippen LogP) is 4.01. The van der Waals surface area contributed by atoms with Crippen molar-refractivity contribution in [3.8, 4) is 0 Å². The summed E-state index contributed by atoms with van der Waals surface area (Å²) in [5, 5.41) is 3.57. The lowest BCUT2D eigenvalue weighted by atomic mass is 9.95. The van der Waals surface area contributed by atoms with Crippen molar-refractivity contribution in [3.05, 3.63) is 70.8 Å². The Hall–Kier alpha value is -3.74. The Morgan fingerprint density at radius 3 is 2.47 bits per heavy atom. The van der Waals surface area contributed by atoms with Crippen molar-refractivity contribution in [2.24, 2.45) is 5.41 Å². The van der Waals surface area contributed by atoms with Crippen LogP contribution in [0.25, 0.3) is 22.1 Å². The summed E-state index contributed by atoms with van der Waals surface area (Å²) in [6, 6.07) is 13.9. The van der Waals surface area contributed by atoms with E-state index in [0.717, 1.165) is 5.39 Å². The number of aromatic nitrogens is 2. The van der Waals surface area contributed by atoms with Crippen molar-refractivity contribution in [1.82, 2.24) is 9.55 Å². The molecule has 0 unspecified atom stereocenters. The Bertz CT molecular complexity index is 1320. The zero-order chi connectivity index (χ0) is 21.5. The van der Waals surface area contributed by atoms with E-state index in [1.165, 1.54) is 10.9 Å². The summed E-state index contributed by atoms with van der Waals surface area (Å²) in [6.45, 7) is 5.31. The molecule has 0 atom stereocenters. The number of benzene rings is 2. The molecular weight excluding hydrogens is 382 g/mol. The van der Waals surface area contributed by atoms with Gasteiger partial charge < -0.3 is 9.73 Å². The number of amides is 1. The van der Waals surface area contributed by atoms with E-state index in [2.05, 4.69) is 10.3 Å². The van der Waals surface area contributed by atoms with Crippen molar-refractivity contribution < 1.29 is 14.0 Å². The Morgan fingerprint density at radius 1 is 1.07 bits per heavy atom. The van der Waals surface area contributed by atoms with Crippen LogP contribution in [0.1, 0.15) is 31.1 Å². The number of nitrogens with one attached hydrogen (secondary N) is 1. The number of rotatable bonds is 4. The number of nitrogens with zero attached hydrogens (tertiary/aromatic N) is 2. The van der Waals surface area contributed by atoms with Gasteiger partial charge >= 0.3 is 0 Å². The molecule has 2 aromatic carbocycles. The molecule has 0 saturated carbocycles. The summed E-state index contributed by atoms with van der Waals surface area (Å²) < 4.78 is 6.88. The number of hydrogen-bond acceptors (Lipinski definition) is 5. The minimum atomic E-state index is -0.516. The van der Waals surface area contributed by atoms with Crippen LogP contribution >= 0.6 is 0 Å². The number of para-hydroxylation sites is 1. The summed E-state index contributed by atoms with van der Waals surface area (Å²) >= 11 is 0. The van der Waals surface area contributed by atoms with Gasteiger partial charge in [-0.05, 0) is 36.4 Å². The second-order valence-electron chi connectivity index (χ2n) is 8.16. The Balaban J connectivity index is 1.56. The average Bonchev–Trinajstić information content (AvgIpc) is 3.09. The van der Waals surface area contributed by atoms with Crippen LogP contribution < -0.4 is 10.9 Å². The fourth-order valence-corrected chi connectivity index (χ4v) is 3.03. The summed E-state index contributed by atoms with van der Waals surface area (Å²) in [5.74, 6) is -0.360. The monoisotopic (exact) mass is 403 g/mol. The van der Waals surface area contributed by atoms with Gasteiger partial charge in [0.05, 0.1) is 12.9 Å². The normalized spacial score (nSPS) is 11.7. The van der Waals surface area contributed by atoms with Crippen LogP contribution in [-0.2, 0) is 11.3 Å². The molecule has 1 amide bonds. The summed E-state index contributed by atoms with van der Waals surface area (Å²) in [7, 11) is 0. The number of Topliss-reactive ketones (excluding diaryl/α,β-unsaturated/α-hetero) is 1. The molecule has 0 bridgehead atoms. The lowest BCUT2D eigenvalue weighted by molar-refractivity contribution is -0.123. The maximum Gasteiger partial charge on any atom is 0.297 e. The lowest BCUT2D eigenvalue weighted by Gasteiger charge is -2.17. The van der Waals surface area contributed by atoms with Crippen LogP contribution in [0, 0.1) is 5.41 Å². The highest BCUT2D eigenvalue weighted by Crippen LogP contribution is 2.24. The first-order chi connectivity index (χ1) is 14.2. The third kappa shape index (κ3) is 3.61. The minimum absolute atomic E-state index is 0.113. The molecule has 30 heavy (non-hydrogen) atoms. The molecular formula is C23H21N3O4. The molecule has 4 rings (SSSR count). The number of hydrogen-bond donors (Lipinski definition) is 1. The second kappa shape index (κ2) is 7.26. The second-order valence-corrected chi connectivity index (χ2v) is 8.16. The maximum atomic E-state index is 12.8. The Labute approximate surface area is 172 Å². The molecule has 0 spiro atoms. The van der Waals surface area contributed by atoms with E-state index in [-0.39, 0.29) is 23.8 Å². The SMILES string of the molecule is CC(C)(C)C(=O)Nc1ccc(C(=O)Cn2cnc3c(oc4ccccc43)c2=O)cc1. The van der Waals surface area contributed by atoms with E-state index in [9.17, 15) is 14.4 Å². The Morgan fingerprint density at radius 2 is 1.77 bits per heavy atom. The van der Waals surface area contributed by atoms with Gasteiger partial charge in [-0.3, -0.25) is 19.0 Å². The van der Waals surface area contributed by atoms with Gasteiger partial charge in [0.15, 0.2) is 5.78 Å². The van der Waals surface area contributed by atoms with E-state index in [1.807, 2.05) is 39.0 Å². The zero-order valence-electron chi connectivity index (χ0n) is 16.9. The molecule has 0 fully saturated rings. The van der Waals surface area contributed by atoms with Gasteiger partial charge in [-0.1, -0.05) is 32.9 Å². The smallest absolute Gasteiger partial charge is 0.297 e. The van der Waals surface area contributed by atoms with Crippen molar-refractivity contribution in [2.75, 3.05) is 5.32 Å². The van der Waals surface area contributed by atoms with E-state index < -0.39 is 11.0 Å². The highest BCUT2D eigenvalue weighted by atomic mass is 16.3. The van der Waals surface area contributed by atoms with Crippen LogP contribution in [0.2, 0.25) is 0 Å². The first-order valence-electron chi connectivity index (χ1n) is 9.55. The fourth-order valence-electron chi connectivity index (χ4n) is 3.03. The number of ketones is 1. The van der Waals surface area contributed by atoms with Crippen LogP contribution in [-0.4, -0.2) is 21.2 Å². The first-order valence-corrected chi connectivity index (χ1v) is 9.55. The largest absolute Gasteiger partial charge is 0.448 e. The van der Waals surface area contributed by atoms with Crippen molar-refractivity contribution in [3.63, 3.8) is 0 Å². The lowest BCUT2D eigenvalue weighted by Crippen LogP contribution is -2.27. The molecule has 0 aliphatic rings. The molecule has 0 saturated heterocycles. The van der Waals surface area contributed by atoms with Gasteiger partial charge in [-0.2, -0.15) is 0 Å². The van der Waals surface area contributed by atoms with Gasteiger partial charge in [-0.25, -0.2) is 4.98 Å². The standard InChI is InChI=1S/C23H21N3O4/c1-23(2,3)22(29)25-15-10-8-14(9-11-15)17(27)12-26-13-24-19-16-6-4-5-7-18(16)30-20(19)21(26)28/h4-11,13H,12H2,1-3H3,(H,25,29). The molecule has 152 valence electrons. The summed E-state index contributed by atoms with van der Waals surface area (Å²) in [6.07, 6.45) is 1.36. The van der Waals surface area contributed by atoms with Gasteiger partial charge in [0.1, 0.15) is 11.1 Å². The third-order valence-corrected chi connectivity index (χ3v) is 4.81. The van der Waals surface area contributed by atoms with E-state index in [0.29, 0.717) is 22.4 Å². The molecule has 2 aromatic heterocycles. The number of carbonyl (C=O) groups is 2. The van der Waals surface area contributed by atoms with Gasteiger partial charge in [0.25, 0.3) is 5.56 Å². The molecule has 7 nitrogen and oxygen atoms in total. The fraction of sp³-hybridized carbons (Fsp3) is 0.217. The Kier molecular flexibility index (Phi) is 4.73. The number of fused-ring (bicyclic) bond motifs is 3. The van der Waals surface area contributed by atoms with Crippen LogP contribution in [0.5, 0.6) is 0 Å². The molecule has 0 aliphatic carbocycles. The van der Waals surface area contributed by atoms with E-state index in [4.69, 9.17) is 4.42 Å². The van der Waals surface area contributed by atoms with Crippen molar-refractivity contribution in [2.45, 2.75) is 27.3 Å². The van der Waals surface area contributed by atoms with Crippen molar-refractivity contribution in [1.29, 1.82) is 0 Å². The average molecular weight is 403 g/mol. The van der Waals surface area contributed by atoms with Crippen LogP contribution in [0.15, 0.2) is 64.1 Å². The van der Waals surface area contributed by atoms with Gasteiger partial charge in [0, 0.05) is 22.1 Å². The number of furan rings is 1. The van der Waals surface area contributed by atoms with Crippen LogP contribution in [0.3, 0.4) is 0 Å². The maximum absolute atomic E-state index is 12.8. The van der Waals surface area contributed by atoms with Gasteiger partial charge in [-0.15, -0.1) is 0 Å². The summed E-state index contributed by atoms with van der Waals surface area (Å²) in [4.78, 5) is 41.8. The third-order valence-electron chi connectivity index (χ3n) is 4.81.